The molecule has 4 aliphatic rings. The van der Waals surface area contributed by atoms with Crippen LogP contribution in [-0.4, -0.2) is 11.1 Å². The highest BCUT2D eigenvalue weighted by atomic mass is 35.5. The highest BCUT2D eigenvalue weighted by molar-refractivity contribution is 6.32. The first-order chi connectivity index (χ1) is 17.6. The molecule has 0 heterocycles. The number of rotatable bonds is 6. The minimum absolute atomic E-state index is 0.233. The zero-order chi connectivity index (χ0) is 26.0. The van der Waals surface area contributed by atoms with Crippen LogP contribution in [0.1, 0.15) is 73.9 Å². The molecule has 4 saturated carbocycles. The summed E-state index contributed by atoms with van der Waals surface area (Å²) in [6, 6.07) is 19.0. The Bertz CT molecular complexity index is 1380. The standard InChI is InChI=1S/C32H34ClNO3/c1-20-12-23(9-10-26(20)34-27-7-5-4-6-24(27)29(35)36)37-28-11-8-22(13-25(28)33)32-16-21-14-30(2,18-32)17-31(3,15-21)19-32/h4-13,21,34H,14-19H2,1-3H3,(H,35,36). The maximum absolute atomic E-state index is 11.5. The molecular weight excluding hydrogens is 482 g/mol. The zero-order valence-corrected chi connectivity index (χ0v) is 22.5. The van der Waals surface area contributed by atoms with Crippen molar-refractivity contribution in [3.63, 3.8) is 0 Å². The number of ether oxygens (including phenoxy) is 1. The summed E-state index contributed by atoms with van der Waals surface area (Å²) in [5, 5.41) is 13.4. The van der Waals surface area contributed by atoms with Gasteiger partial charge in [0.15, 0.2) is 0 Å². The minimum Gasteiger partial charge on any atom is -0.478 e. The van der Waals surface area contributed by atoms with E-state index in [1.807, 2.05) is 37.3 Å². The third-order valence-corrected chi connectivity index (χ3v) is 9.32. The number of carboxylic acids is 1. The van der Waals surface area contributed by atoms with Gasteiger partial charge in [-0.3, -0.25) is 0 Å². The smallest absolute Gasteiger partial charge is 0.337 e. The Hall–Kier alpha value is -2.98. The van der Waals surface area contributed by atoms with Gasteiger partial charge >= 0.3 is 5.97 Å². The lowest BCUT2D eigenvalue weighted by molar-refractivity contribution is -0.110. The second-order valence-corrected chi connectivity index (χ2v) is 13.0. The number of aromatic carboxylic acids is 1. The van der Waals surface area contributed by atoms with E-state index in [2.05, 4.69) is 31.3 Å². The van der Waals surface area contributed by atoms with Crippen molar-refractivity contribution in [3.05, 3.63) is 82.4 Å². The zero-order valence-electron chi connectivity index (χ0n) is 21.7. The summed E-state index contributed by atoms with van der Waals surface area (Å²) < 4.78 is 6.22. The van der Waals surface area contributed by atoms with Crippen molar-refractivity contribution in [2.24, 2.45) is 16.7 Å². The normalized spacial score (nSPS) is 29.8. The summed E-state index contributed by atoms with van der Waals surface area (Å²) in [7, 11) is 0. The van der Waals surface area contributed by atoms with Crippen LogP contribution < -0.4 is 10.1 Å². The Morgan fingerprint density at radius 2 is 1.68 bits per heavy atom. The molecule has 4 fully saturated rings. The number of nitrogens with one attached hydrogen (secondary N) is 1. The van der Waals surface area contributed by atoms with E-state index in [-0.39, 0.29) is 11.0 Å². The van der Waals surface area contributed by atoms with E-state index in [1.165, 1.54) is 44.1 Å². The SMILES string of the molecule is Cc1cc(Oc2ccc(C34CC5CC(C)(CC(C)(C5)C3)C4)cc2Cl)ccc1Nc1ccccc1C(=O)O. The molecule has 5 heteroatoms. The van der Waals surface area contributed by atoms with Gasteiger partial charge in [0.1, 0.15) is 11.5 Å². The van der Waals surface area contributed by atoms with Crippen molar-refractivity contribution in [2.75, 3.05) is 5.32 Å². The van der Waals surface area contributed by atoms with Crippen LogP contribution in [0.5, 0.6) is 11.5 Å². The van der Waals surface area contributed by atoms with Crippen molar-refractivity contribution in [1.82, 2.24) is 0 Å². The first-order valence-corrected chi connectivity index (χ1v) is 13.6. The topological polar surface area (TPSA) is 58.6 Å². The average Bonchev–Trinajstić information content (AvgIpc) is 2.80. The number of hydrogen-bond donors (Lipinski definition) is 2. The maximum Gasteiger partial charge on any atom is 0.337 e. The summed E-state index contributed by atoms with van der Waals surface area (Å²) in [6.45, 7) is 6.98. The second kappa shape index (κ2) is 8.52. The van der Waals surface area contributed by atoms with Crippen LogP contribution in [0.2, 0.25) is 5.02 Å². The molecule has 0 aromatic heterocycles. The van der Waals surface area contributed by atoms with Crippen LogP contribution in [-0.2, 0) is 5.41 Å². The molecule has 0 saturated heterocycles. The minimum atomic E-state index is -0.962. The molecule has 0 amide bonds. The van der Waals surface area contributed by atoms with Gasteiger partial charge in [-0.25, -0.2) is 4.79 Å². The van der Waals surface area contributed by atoms with E-state index in [4.69, 9.17) is 16.3 Å². The lowest BCUT2D eigenvalue weighted by Gasteiger charge is -2.65. The number of anilines is 2. The van der Waals surface area contributed by atoms with Crippen molar-refractivity contribution < 1.29 is 14.6 Å². The molecule has 2 unspecified atom stereocenters. The molecule has 3 aromatic rings. The molecule has 0 spiro atoms. The lowest BCUT2D eigenvalue weighted by atomic mass is 9.39. The molecule has 3 aromatic carbocycles. The highest BCUT2D eigenvalue weighted by Crippen LogP contribution is 2.70. The van der Waals surface area contributed by atoms with Crippen molar-refractivity contribution in [3.8, 4) is 11.5 Å². The van der Waals surface area contributed by atoms with Crippen LogP contribution in [0.15, 0.2) is 60.7 Å². The Morgan fingerprint density at radius 1 is 0.946 bits per heavy atom. The van der Waals surface area contributed by atoms with E-state index >= 15 is 0 Å². The molecule has 192 valence electrons. The van der Waals surface area contributed by atoms with Crippen LogP contribution >= 0.6 is 11.6 Å². The van der Waals surface area contributed by atoms with E-state index < -0.39 is 5.97 Å². The molecule has 0 aliphatic heterocycles. The Morgan fingerprint density at radius 3 is 2.32 bits per heavy atom. The molecule has 4 nitrogen and oxygen atoms in total. The molecule has 7 rings (SSSR count). The van der Waals surface area contributed by atoms with Crippen LogP contribution in [0.3, 0.4) is 0 Å². The fourth-order valence-electron chi connectivity index (χ4n) is 8.57. The first kappa shape index (κ1) is 24.4. The van der Waals surface area contributed by atoms with Gasteiger partial charge in [0.2, 0.25) is 0 Å². The first-order valence-electron chi connectivity index (χ1n) is 13.2. The van der Waals surface area contributed by atoms with E-state index in [0.717, 1.165) is 17.2 Å². The van der Waals surface area contributed by atoms with Gasteiger partial charge in [-0.15, -0.1) is 0 Å². The summed E-state index contributed by atoms with van der Waals surface area (Å²) in [5.74, 6) is 1.22. The van der Waals surface area contributed by atoms with Gasteiger partial charge in [0.25, 0.3) is 0 Å². The van der Waals surface area contributed by atoms with Crippen molar-refractivity contribution >= 4 is 28.9 Å². The molecule has 4 bridgehead atoms. The Balaban J connectivity index is 1.22. The molecule has 4 aliphatic carbocycles. The second-order valence-electron chi connectivity index (χ2n) is 12.6. The van der Waals surface area contributed by atoms with E-state index in [0.29, 0.717) is 33.0 Å². The summed E-state index contributed by atoms with van der Waals surface area (Å²) in [4.78, 5) is 11.5. The molecule has 2 N–H and O–H groups in total. The van der Waals surface area contributed by atoms with Gasteiger partial charge < -0.3 is 15.2 Å². The quantitative estimate of drug-likeness (QED) is 0.343. The number of benzene rings is 3. The predicted octanol–water partition coefficient (Wildman–Crippen LogP) is 9.13. The third kappa shape index (κ3) is 4.40. The number of para-hydroxylation sites is 1. The highest BCUT2D eigenvalue weighted by Gasteiger charge is 2.60. The fourth-order valence-corrected chi connectivity index (χ4v) is 8.79. The largest absolute Gasteiger partial charge is 0.478 e. The number of halogens is 1. The number of carbonyl (C=O) groups is 1. The number of carboxylic acid groups (broad SMARTS) is 1. The molecular formula is C32H34ClNO3. The van der Waals surface area contributed by atoms with Gasteiger partial charge in [-0.1, -0.05) is 43.6 Å². The van der Waals surface area contributed by atoms with Crippen molar-refractivity contribution in [2.45, 2.75) is 64.7 Å². The van der Waals surface area contributed by atoms with Crippen molar-refractivity contribution in [1.29, 1.82) is 0 Å². The van der Waals surface area contributed by atoms with E-state index in [9.17, 15) is 9.90 Å². The van der Waals surface area contributed by atoms with Gasteiger partial charge in [0.05, 0.1) is 16.3 Å². The summed E-state index contributed by atoms with van der Waals surface area (Å²) >= 11 is 6.82. The Labute approximate surface area is 224 Å². The van der Waals surface area contributed by atoms with Gasteiger partial charge in [-0.2, -0.15) is 0 Å². The number of hydrogen-bond acceptors (Lipinski definition) is 3. The monoisotopic (exact) mass is 515 g/mol. The molecule has 37 heavy (non-hydrogen) atoms. The number of aryl methyl sites for hydroxylation is 1. The van der Waals surface area contributed by atoms with Gasteiger partial charge in [-0.05, 0) is 121 Å². The van der Waals surface area contributed by atoms with E-state index in [1.54, 1.807) is 18.2 Å². The maximum atomic E-state index is 11.5. The van der Waals surface area contributed by atoms with Crippen LogP contribution in [0.4, 0.5) is 11.4 Å². The summed E-state index contributed by atoms with van der Waals surface area (Å²) in [6.07, 6.45) is 7.94. The van der Waals surface area contributed by atoms with Crippen LogP contribution in [0, 0.1) is 23.7 Å². The third-order valence-electron chi connectivity index (χ3n) is 9.02. The van der Waals surface area contributed by atoms with Gasteiger partial charge in [0, 0.05) is 5.69 Å². The lowest BCUT2D eigenvalue weighted by Crippen LogP contribution is -2.56. The average molecular weight is 516 g/mol. The molecule has 2 atom stereocenters. The fraction of sp³-hybridized carbons (Fsp3) is 0.406. The molecule has 0 radical (unpaired) electrons. The summed E-state index contributed by atoms with van der Waals surface area (Å²) in [5.41, 5.74) is 5.07. The van der Waals surface area contributed by atoms with Crippen LogP contribution in [0.25, 0.3) is 0 Å². The predicted molar refractivity (Wildman–Crippen MR) is 148 cm³/mol. The Kier molecular flexibility index (Phi) is 5.61.